The highest BCUT2D eigenvalue weighted by molar-refractivity contribution is 5.87. The lowest BCUT2D eigenvalue weighted by Crippen LogP contribution is -1.99. The molecule has 0 saturated carbocycles. The molecule has 21 heavy (non-hydrogen) atoms. The van der Waals surface area contributed by atoms with E-state index in [2.05, 4.69) is 10.2 Å². The molecular formula is C15H16N2O4. The van der Waals surface area contributed by atoms with E-state index in [0.717, 1.165) is 35.5 Å². The number of aromatic carboxylic acids is 1. The quantitative estimate of drug-likeness (QED) is 0.906. The standard InChI is InChI=1S/C15H16N2O4/c1-2-9-10(11-8-12(15(18)19)17-16-11)4-5-13-14(9)21-7-3-6-20-13/h4-5,8H,2-3,6-7H2,1H3,(H,16,17)(H,18,19). The maximum atomic E-state index is 11.0. The third kappa shape index (κ3) is 2.44. The Labute approximate surface area is 121 Å². The Morgan fingerprint density at radius 2 is 2.19 bits per heavy atom. The zero-order valence-electron chi connectivity index (χ0n) is 11.7. The van der Waals surface area contributed by atoms with Gasteiger partial charge in [-0.3, -0.25) is 5.10 Å². The first kappa shape index (κ1) is 13.5. The summed E-state index contributed by atoms with van der Waals surface area (Å²) in [4.78, 5) is 11.0. The molecule has 2 aromatic rings. The van der Waals surface area contributed by atoms with Gasteiger partial charge in [0.25, 0.3) is 0 Å². The Hall–Kier alpha value is -2.50. The van der Waals surface area contributed by atoms with Crippen LogP contribution < -0.4 is 9.47 Å². The van der Waals surface area contributed by atoms with Crippen LogP contribution >= 0.6 is 0 Å². The maximum absolute atomic E-state index is 11.0. The number of carbonyl (C=O) groups is 1. The van der Waals surface area contributed by atoms with Gasteiger partial charge < -0.3 is 14.6 Å². The highest BCUT2D eigenvalue weighted by Gasteiger charge is 2.20. The summed E-state index contributed by atoms with van der Waals surface area (Å²) in [5, 5.41) is 15.6. The van der Waals surface area contributed by atoms with Crippen LogP contribution in [0.4, 0.5) is 0 Å². The van der Waals surface area contributed by atoms with Crippen LogP contribution in [0.1, 0.15) is 29.4 Å². The molecule has 0 unspecified atom stereocenters. The molecule has 6 heteroatoms. The number of nitrogens with one attached hydrogen (secondary N) is 1. The lowest BCUT2D eigenvalue weighted by atomic mass is 10.0. The van der Waals surface area contributed by atoms with E-state index >= 15 is 0 Å². The van der Waals surface area contributed by atoms with E-state index in [9.17, 15) is 4.79 Å². The number of aromatic amines is 1. The van der Waals surface area contributed by atoms with Crippen molar-refractivity contribution in [3.63, 3.8) is 0 Å². The summed E-state index contributed by atoms with van der Waals surface area (Å²) in [5.41, 5.74) is 2.52. The summed E-state index contributed by atoms with van der Waals surface area (Å²) >= 11 is 0. The van der Waals surface area contributed by atoms with Crippen molar-refractivity contribution in [2.24, 2.45) is 0 Å². The number of fused-ring (bicyclic) bond motifs is 1. The number of hydrogen-bond donors (Lipinski definition) is 2. The lowest BCUT2D eigenvalue weighted by Gasteiger charge is -2.14. The van der Waals surface area contributed by atoms with Crippen molar-refractivity contribution in [3.05, 3.63) is 29.5 Å². The second-order valence-corrected chi connectivity index (χ2v) is 4.79. The van der Waals surface area contributed by atoms with Gasteiger partial charge in [-0.1, -0.05) is 6.92 Å². The number of hydrogen-bond acceptors (Lipinski definition) is 4. The van der Waals surface area contributed by atoms with Crippen LogP contribution in [0.2, 0.25) is 0 Å². The van der Waals surface area contributed by atoms with E-state index in [1.165, 1.54) is 6.07 Å². The molecule has 0 saturated heterocycles. The fraction of sp³-hybridized carbons (Fsp3) is 0.333. The third-order valence-electron chi connectivity index (χ3n) is 3.45. The topological polar surface area (TPSA) is 84.4 Å². The van der Waals surface area contributed by atoms with Crippen molar-refractivity contribution in [1.29, 1.82) is 0 Å². The van der Waals surface area contributed by atoms with E-state index in [-0.39, 0.29) is 5.69 Å². The van der Waals surface area contributed by atoms with Gasteiger partial charge in [-0.2, -0.15) is 5.10 Å². The van der Waals surface area contributed by atoms with E-state index in [0.29, 0.717) is 18.9 Å². The second-order valence-electron chi connectivity index (χ2n) is 4.79. The van der Waals surface area contributed by atoms with Crippen LogP contribution in [-0.2, 0) is 6.42 Å². The Bertz CT molecular complexity index is 678. The van der Waals surface area contributed by atoms with E-state index in [1.54, 1.807) is 0 Å². The Balaban J connectivity index is 2.09. The molecule has 1 aromatic heterocycles. The number of nitrogens with zero attached hydrogens (tertiary/aromatic N) is 1. The minimum atomic E-state index is -1.03. The monoisotopic (exact) mass is 288 g/mol. The molecule has 2 N–H and O–H groups in total. The Kier molecular flexibility index (Phi) is 3.51. The minimum Gasteiger partial charge on any atom is -0.490 e. The van der Waals surface area contributed by atoms with Crippen LogP contribution in [0.3, 0.4) is 0 Å². The number of ether oxygens (including phenoxy) is 2. The largest absolute Gasteiger partial charge is 0.490 e. The SMILES string of the molecule is CCc1c(-c2cc(C(=O)O)[nH]n2)ccc2c1OCCCO2. The summed E-state index contributed by atoms with van der Waals surface area (Å²) in [7, 11) is 0. The van der Waals surface area contributed by atoms with Crippen molar-refractivity contribution in [1.82, 2.24) is 10.2 Å². The van der Waals surface area contributed by atoms with Crippen molar-refractivity contribution < 1.29 is 19.4 Å². The van der Waals surface area contributed by atoms with E-state index in [1.807, 2.05) is 19.1 Å². The van der Waals surface area contributed by atoms with Gasteiger partial charge in [0.15, 0.2) is 11.5 Å². The normalized spacial score (nSPS) is 13.8. The first-order valence-corrected chi connectivity index (χ1v) is 6.91. The zero-order valence-corrected chi connectivity index (χ0v) is 11.7. The lowest BCUT2D eigenvalue weighted by molar-refractivity contribution is 0.0690. The fourth-order valence-electron chi connectivity index (χ4n) is 2.45. The highest BCUT2D eigenvalue weighted by Crippen LogP contribution is 2.39. The number of benzene rings is 1. The molecule has 1 aromatic carbocycles. The molecule has 0 spiro atoms. The van der Waals surface area contributed by atoms with E-state index < -0.39 is 5.97 Å². The van der Waals surface area contributed by atoms with Gasteiger partial charge in [-0.05, 0) is 24.6 Å². The Morgan fingerprint density at radius 3 is 2.90 bits per heavy atom. The molecule has 0 radical (unpaired) electrons. The number of rotatable bonds is 3. The van der Waals surface area contributed by atoms with E-state index in [4.69, 9.17) is 14.6 Å². The number of aromatic nitrogens is 2. The van der Waals surface area contributed by atoms with Gasteiger partial charge in [0.1, 0.15) is 5.69 Å². The minimum absolute atomic E-state index is 0.0687. The predicted molar refractivity (Wildman–Crippen MR) is 76.0 cm³/mol. The highest BCUT2D eigenvalue weighted by atomic mass is 16.5. The third-order valence-corrected chi connectivity index (χ3v) is 3.45. The molecule has 0 bridgehead atoms. The molecule has 0 amide bonds. The van der Waals surface area contributed by atoms with Gasteiger partial charge in [-0.15, -0.1) is 0 Å². The first-order chi connectivity index (χ1) is 10.2. The van der Waals surface area contributed by atoms with Crippen molar-refractivity contribution >= 4 is 5.97 Å². The molecule has 0 aliphatic carbocycles. The van der Waals surface area contributed by atoms with Crippen LogP contribution in [0.25, 0.3) is 11.3 Å². The molecule has 2 heterocycles. The predicted octanol–water partition coefficient (Wildman–Crippen LogP) is 2.50. The van der Waals surface area contributed by atoms with Crippen LogP contribution in [0.5, 0.6) is 11.5 Å². The number of carboxylic acids is 1. The smallest absolute Gasteiger partial charge is 0.353 e. The Morgan fingerprint density at radius 1 is 1.38 bits per heavy atom. The number of H-pyrrole nitrogens is 1. The van der Waals surface area contributed by atoms with Gasteiger partial charge in [0.05, 0.1) is 18.9 Å². The molecule has 3 rings (SSSR count). The summed E-state index contributed by atoms with van der Waals surface area (Å²) in [6, 6.07) is 5.28. The maximum Gasteiger partial charge on any atom is 0.353 e. The number of carboxylic acid groups (broad SMARTS) is 1. The van der Waals surface area contributed by atoms with Crippen LogP contribution in [0.15, 0.2) is 18.2 Å². The second kappa shape index (κ2) is 5.47. The molecule has 110 valence electrons. The zero-order chi connectivity index (χ0) is 14.8. The average molecular weight is 288 g/mol. The van der Waals surface area contributed by atoms with Crippen LogP contribution in [-0.4, -0.2) is 34.5 Å². The fourth-order valence-corrected chi connectivity index (χ4v) is 2.45. The molecule has 1 aliphatic rings. The first-order valence-electron chi connectivity index (χ1n) is 6.91. The average Bonchev–Trinajstić information content (AvgIpc) is 2.85. The summed E-state index contributed by atoms with van der Waals surface area (Å²) in [6.45, 7) is 3.28. The van der Waals surface area contributed by atoms with Gasteiger partial charge >= 0.3 is 5.97 Å². The van der Waals surface area contributed by atoms with Gasteiger partial charge in [0.2, 0.25) is 0 Å². The molecule has 1 aliphatic heterocycles. The van der Waals surface area contributed by atoms with Crippen molar-refractivity contribution in [2.75, 3.05) is 13.2 Å². The molecular weight excluding hydrogens is 272 g/mol. The van der Waals surface area contributed by atoms with Crippen LogP contribution in [0, 0.1) is 0 Å². The van der Waals surface area contributed by atoms with Crippen molar-refractivity contribution in [3.8, 4) is 22.8 Å². The molecule has 6 nitrogen and oxygen atoms in total. The van der Waals surface area contributed by atoms with Gasteiger partial charge in [-0.25, -0.2) is 4.79 Å². The summed E-state index contributed by atoms with van der Waals surface area (Å²) < 4.78 is 11.5. The molecule has 0 fully saturated rings. The summed E-state index contributed by atoms with van der Waals surface area (Å²) in [5.74, 6) is 0.454. The summed E-state index contributed by atoms with van der Waals surface area (Å²) in [6.07, 6.45) is 1.59. The molecule has 0 atom stereocenters. The van der Waals surface area contributed by atoms with Gasteiger partial charge in [0, 0.05) is 17.5 Å². The van der Waals surface area contributed by atoms with Crippen molar-refractivity contribution in [2.45, 2.75) is 19.8 Å².